The van der Waals surface area contributed by atoms with Crippen LogP contribution in [0.25, 0.3) is 60.2 Å². The zero-order valence-electron chi connectivity index (χ0n) is 31.0. The van der Waals surface area contributed by atoms with E-state index in [0.717, 1.165) is 44.4 Å². The second kappa shape index (κ2) is 12.6. The van der Waals surface area contributed by atoms with Crippen LogP contribution in [0.2, 0.25) is 0 Å². The summed E-state index contributed by atoms with van der Waals surface area (Å²) >= 11 is 0. The molecule has 8 aromatic carbocycles. The zero-order valence-corrected chi connectivity index (χ0v) is 31.0. The van der Waals surface area contributed by atoms with E-state index in [-0.39, 0.29) is 11.3 Å². The molecule has 1 N–H and O–H groups in total. The number of aliphatic imine (C=N–C) groups is 2. The summed E-state index contributed by atoms with van der Waals surface area (Å²) in [7, 11) is 0. The highest BCUT2D eigenvalue weighted by Gasteiger charge is 2.37. The van der Waals surface area contributed by atoms with Crippen LogP contribution in [0.1, 0.15) is 48.6 Å². The Morgan fingerprint density at radius 3 is 1.93 bits per heavy atom. The van der Waals surface area contributed by atoms with Gasteiger partial charge >= 0.3 is 0 Å². The standard InChI is InChI=1S/C51H38N4/c1-32(33-16-6-4-7-17-33)53-50(54-49(52)35-19-8-5-9-20-35)40-27-29-46(38-23-13-12-22-37(38)40)55-45-25-15-14-24-39(45)41-30-42-44(31-47(41)55)51(2,3)43-28-26-34-18-10-11-21-36(34)48(42)43/h4-31,52H,1-3H3/b52-49?,53-32+,54-50-. The molecule has 262 valence electrons. The molecule has 1 heterocycles. The Bertz CT molecular complexity index is 3070. The molecule has 9 aromatic rings. The number of fused-ring (bicyclic) bond motifs is 9. The minimum atomic E-state index is -0.167. The van der Waals surface area contributed by atoms with Crippen LogP contribution in [0.3, 0.4) is 0 Å². The van der Waals surface area contributed by atoms with Gasteiger partial charge in [-0.1, -0.05) is 153 Å². The maximum absolute atomic E-state index is 9.03. The molecule has 1 aromatic heterocycles. The highest BCUT2D eigenvalue weighted by atomic mass is 15.0. The topological polar surface area (TPSA) is 53.5 Å². The third-order valence-corrected chi connectivity index (χ3v) is 11.5. The first-order chi connectivity index (χ1) is 26.9. The van der Waals surface area contributed by atoms with Crippen LogP contribution in [-0.2, 0) is 5.41 Å². The van der Waals surface area contributed by atoms with E-state index >= 15 is 0 Å². The maximum Gasteiger partial charge on any atom is 0.162 e. The van der Waals surface area contributed by atoms with E-state index < -0.39 is 0 Å². The van der Waals surface area contributed by atoms with Crippen LogP contribution in [-0.4, -0.2) is 22.0 Å². The number of nitrogens with one attached hydrogen (secondary N) is 1. The van der Waals surface area contributed by atoms with E-state index in [2.05, 4.69) is 140 Å². The molecule has 4 heteroatoms. The van der Waals surface area contributed by atoms with Gasteiger partial charge in [0.1, 0.15) is 0 Å². The van der Waals surface area contributed by atoms with Crippen molar-refractivity contribution in [3.05, 3.63) is 198 Å². The molecule has 0 fully saturated rings. The second-order valence-electron chi connectivity index (χ2n) is 15.0. The van der Waals surface area contributed by atoms with Gasteiger partial charge in [-0.2, -0.15) is 0 Å². The largest absolute Gasteiger partial charge is 0.309 e. The molecule has 0 saturated heterocycles. The minimum Gasteiger partial charge on any atom is -0.309 e. The summed E-state index contributed by atoms with van der Waals surface area (Å²) in [4.78, 5) is 10.1. The Morgan fingerprint density at radius 1 is 0.527 bits per heavy atom. The molecular formula is C51H38N4. The Morgan fingerprint density at radius 2 is 1.16 bits per heavy atom. The normalized spacial score (nSPS) is 13.8. The van der Waals surface area contributed by atoms with Gasteiger partial charge in [0.15, 0.2) is 11.7 Å². The smallest absolute Gasteiger partial charge is 0.162 e. The maximum atomic E-state index is 9.03. The molecule has 0 radical (unpaired) electrons. The van der Waals surface area contributed by atoms with Crippen LogP contribution < -0.4 is 0 Å². The molecule has 10 rings (SSSR count). The predicted molar refractivity (Wildman–Crippen MR) is 232 cm³/mol. The Labute approximate surface area is 320 Å². The lowest BCUT2D eigenvalue weighted by atomic mass is 9.82. The fourth-order valence-corrected chi connectivity index (χ4v) is 8.71. The van der Waals surface area contributed by atoms with Gasteiger partial charge in [-0.3, -0.25) is 5.41 Å². The number of nitrogens with zero attached hydrogens (tertiary/aromatic N) is 3. The Kier molecular flexibility index (Phi) is 7.50. The quantitative estimate of drug-likeness (QED) is 0.140. The lowest BCUT2D eigenvalue weighted by Gasteiger charge is -2.22. The van der Waals surface area contributed by atoms with Crippen molar-refractivity contribution < 1.29 is 0 Å². The second-order valence-corrected chi connectivity index (χ2v) is 15.0. The summed E-state index contributed by atoms with van der Waals surface area (Å²) in [5.41, 5.74) is 12.1. The Hall–Kier alpha value is -6.91. The number of hydrogen-bond acceptors (Lipinski definition) is 1. The molecule has 0 saturated carbocycles. The van der Waals surface area contributed by atoms with Crippen molar-refractivity contribution in [3.8, 4) is 16.8 Å². The number of benzene rings is 8. The Balaban J connectivity index is 1.22. The summed E-state index contributed by atoms with van der Waals surface area (Å²) in [5.74, 6) is 0.672. The highest BCUT2D eigenvalue weighted by Crippen LogP contribution is 2.53. The third kappa shape index (κ3) is 5.17. The van der Waals surface area contributed by atoms with Crippen LogP contribution >= 0.6 is 0 Å². The van der Waals surface area contributed by atoms with E-state index in [1.54, 1.807) is 0 Å². The van der Waals surface area contributed by atoms with E-state index in [9.17, 15) is 0 Å². The van der Waals surface area contributed by atoms with Gasteiger partial charge in [-0.05, 0) is 81.2 Å². The minimum absolute atomic E-state index is 0.167. The van der Waals surface area contributed by atoms with Gasteiger partial charge in [0.05, 0.1) is 16.7 Å². The lowest BCUT2D eigenvalue weighted by molar-refractivity contribution is 0.661. The fraction of sp³-hybridized carbons (Fsp3) is 0.0784. The summed E-state index contributed by atoms with van der Waals surface area (Å²) in [5, 5.41) is 16.2. The van der Waals surface area contributed by atoms with Gasteiger partial charge in [-0.25, -0.2) is 9.98 Å². The van der Waals surface area contributed by atoms with Crippen LogP contribution in [0.4, 0.5) is 0 Å². The average molecular weight is 707 g/mol. The summed E-state index contributed by atoms with van der Waals surface area (Å²) in [6.45, 7) is 6.73. The first kappa shape index (κ1) is 32.7. The van der Waals surface area contributed by atoms with Crippen molar-refractivity contribution in [1.29, 1.82) is 5.41 Å². The first-order valence-electron chi connectivity index (χ1n) is 18.8. The van der Waals surface area contributed by atoms with Crippen molar-refractivity contribution in [2.75, 3.05) is 0 Å². The summed E-state index contributed by atoms with van der Waals surface area (Å²) in [6.07, 6.45) is 0. The molecule has 0 unspecified atom stereocenters. The van der Waals surface area contributed by atoms with Crippen LogP contribution in [0.5, 0.6) is 0 Å². The van der Waals surface area contributed by atoms with Crippen molar-refractivity contribution in [2.45, 2.75) is 26.2 Å². The number of para-hydroxylation sites is 1. The molecule has 4 nitrogen and oxygen atoms in total. The molecule has 0 bridgehead atoms. The molecule has 55 heavy (non-hydrogen) atoms. The fourth-order valence-electron chi connectivity index (χ4n) is 8.71. The van der Waals surface area contributed by atoms with Crippen molar-refractivity contribution >= 4 is 60.7 Å². The molecule has 1 aliphatic carbocycles. The van der Waals surface area contributed by atoms with Crippen molar-refractivity contribution in [2.24, 2.45) is 9.98 Å². The van der Waals surface area contributed by atoms with E-state index in [1.807, 2.05) is 55.5 Å². The molecule has 0 amide bonds. The monoisotopic (exact) mass is 706 g/mol. The molecule has 0 spiro atoms. The third-order valence-electron chi connectivity index (χ3n) is 11.5. The van der Waals surface area contributed by atoms with E-state index in [1.165, 1.54) is 49.3 Å². The highest BCUT2D eigenvalue weighted by molar-refractivity contribution is 6.22. The first-order valence-corrected chi connectivity index (χ1v) is 18.8. The average Bonchev–Trinajstić information content (AvgIpc) is 3.67. The van der Waals surface area contributed by atoms with Crippen molar-refractivity contribution in [3.63, 3.8) is 0 Å². The number of amidine groups is 2. The summed E-state index contributed by atoms with van der Waals surface area (Å²) < 4.78 is 2.44. The number of hydrogen-bond donors (Lipinski definition) is 1. The van der Waals surface area contributed by atoms with Gasteiger partial charge in [0, 0.05) is 38.4 Å². The molecule has 0 atom stereocenters. The molecule has 1 aliphatic rings. The molecule has 0 aliphatic heterocycles. The van der Waals surface area contributed by atoms with Crippen LogP contribution in [0.15, 0.2) is 180 Å². The lowest BCUT2D eigenvalue weighted by Crippen LogP contribution is -2.15. The van der Waals surface area contributed by atoms with Gasteiger partial charge in [0.2, 0.25) is 0 Å². The summed E-state index contributed by atoms with van der Waals surface area (Å²) in [6, 6.07) is 59.7. The number of rotatable bonds is 4. The SMILES string of the molecule is C/C(=N\C(=N/C(=N)c1ccccc1)c1ccc(-n2c3ccccc3c3cc4c(cc32)C(C)(C)c2ccc3ccccc3c2-4)c2ccccc12)c1ccccc1. The van der Waals surface area contributed by atoms with Crippen molar-refractivity contribution in [1.82, 2.24) is 4.57 Å². The van der Waals surface area contributed by atoms with Crippen LogP contribution in [0, 0.1) is 5.41 Å². The number of aromatic nitrogens is 1. The molecular weight excluding hydrogens is 669 g/mol. The van der Waals surface area contributed by atoms with E-state index in [4.69, 9.17) is 15.4 Å². The zero-order chi connectivity index (χ0) is 37.3. The predicted octanol–water partition coefficient (Wildman–Crippen LogP) is 12.7. The van der Waals surface area contributed by atoms with Gasteiger partial charge in [-0.15, -0.1) is 0 Å². The van der Waals surface area contributed by atoms with Gasteiger partial charge in [0.25, 0.3) is 0 Å². The van der Waals surface area contributed by atoms with Gasteiger partial charge < -0.3 is 4.57 Å². The van der Waals surface area contributed by atoms with E-state index in [0.29, 0.717) is 5.84 Å².